The van der Waals surface area contributed by atoms with Crippen molar-refractivity contribution in [1.29, 1.82) is 0 Å². The predicted octanol–water partition coefficient (Wildman–Crippen LogP) is 2.67. The molecular formula is C20H31ClN2O3. The van der Waals surface area contributed by atoms with Crippen LogP contribution in [0.1, 0.15) is 38.2 Å². The number of carbonyl (C=O) groups excluding carboxylic acids is 1. The Bertz CT molecular complexity index is 555. The highest BCUT2D eigenvalue weighted by atomic mass is 35.5. The zero-order chi connectivity index (χ0) is 17.5. The molecule has 5 nitrogen and oxygen atoms in total. The van der Waals surface area contributed by atoms with E-state index in [2.05, 4.69) is 22.8 Å². The number of ether oxygens (including phenoxy) is 2. The number of hydrogen-bond donors (Lipinski definition) is 2. The molecule has 1 aromatic rings. The lowest BCUT2D eigenvalue weighted by atomic mass is 9.74. The molecule has 2 aliphatic rings. The normalized spacial score (nSPS) is 18.7. The van der Waals surface area contributed by atoms with Crippen molar-refractivity contribution in [3.8, 4) is 5.75 Å². The minimum Gasteiger partial charge on any atom is -0.494 e. The SMILES string of the molecule is CCOc1ccc(C2(CNC(=O)CNCC3CC3)CCOCC2)cc1.Cl. The molecule has 0 aromatic heterocycles. The summed E-state index contributed by atoms with van der Waals surface area (Å²) in [4.78, 5) is 12.2. The van der Waals surface area contributed by atoms with Crippen molar-refractivity contribution in [2.24, 2.45) is 5.92 Å². The first-order valence-electron chi connectivity index (χ1n) is 9.50. The number of halogens is 1. The lowest BCUT2D eigenvalue weighted by Gasteiger charge is -2.38. The summed E-state index contributed by atoms with van der Waals surface area (Å²) < 4.78 is 11.1. The number of benzene rings is 1. The van der Waals surface area contributed by atoms with Crippen molar-refractivity contribution >= 4 is 18.3 Å². The Morgan fingerprint density at radius 2 is 1.92 bits per heavy atom. The fraction of sp³-hybridized carbons (Fsp3) is 0.650. The van der Waals surface area contributed by atoms with Gasteiger partial charge in [-0.1, -0.05) is 12.1 Å². The van der Waals surface area contributed by atoms with Crippen molar-refractivity contribution < 1.29 is 14.3 Å². The van der Waals surface area contributed by atoms with Crippen LogP contribution in [0.4, 0.5) is 0 Å². The van der Waals surface area contributed by atoms with Crippen LogP contribution in [0.5, 0.6) is 5.75 Å². The van der Waals surface area contributed by atoms with E-state index in [1.807, 2.05) is 19.1 Å². The van der Waals surface area contributed by atoms with Crippen molar-refractivity contribution in [1.82, 2.24) is 10.6 Å². The molecule has 0 spiro atoms. The maximum Gasteiger partial charge on any atom is 0.233 e. The van der Waals surface area contributed by atoms with Crippen molar-refractivity contribution in [2.45, 2.75) is 38.0 Å². The van der Waals surface area contributed by atoms with Crippen molar-refractivity contribution in [3.63, 3.8) is 0 Å². The summed E-state index contributed by atoms with van der Waals surface area (Å²) in [5, 5.41) is 6.39. The van der Waals surface area contributed by atoms with Gasteiger partial charge in [0, 0.05) is 25.2 Å². The summed E-state index contributed by atoms with van der Waals surface area (Å²) in [6, 6.07) is 8.31. The molecule has 1 heterocycles. The molecular weight excluding hydrogens is 352 g/mol. The second-order valence-electron chi connectivity index (χ2n) is 7.20. The third-order valence-electron chi connectivity index (χ3n) is 5.27. The average Bonchev–Trinajstić information content (AvgIpc) is 3.46. The molecule has 0 bridgehead atoms. The van der Waals surface area contributed by atoms with E-state index < -0.39 is 0 Å². The summed E-state index contributed by atoms with van der Waals surface area (Å²) in [5.41, 5.74) is 1.21. The third kappa shape index (κ3) is 5.86. The Kier molecular flexibility index (Phi) is 8.19. The summed E-state index contributed by atoms with van der Waals surface area (Å²) in [6.45, 7) is 6.17. The molecule has 1 aliphatic carbocycles. The molecule has 26 heavy (non-hydrogen) atoms. The van der Waals surface area contributed by atoms with E-state index in [1.165, 1.54) is 18.4 Å². The van der Waals surface area contributed by atoms with E-state index in [0.717, 1.165) is 44.3 Å². The highest BCUT2D eigenvalue weighted by Crippen LogP contribution is 2.35. The van der Waals surface area contributed by atoms with Gasteiger partial charge in [-0.05, 0) is 62.8 Å². The van der Waals surface area contributed by atoms with E-state index in [1.54, 1.807) is 0 Å². The summed E-state index contributed by atoms with van der Waals surface area (Å²) in [7, 11) is 0. The molecule has 1 aromatic carbocycles. The third-order valence-corrected chi connectivity index (χ3v) is 5.27. The van der Waals surface area contributed by atoms with Crippen LogP contribution < -0.4 is 15.4 Å². The van der Waals surface area contributed by atoms with Gasteiger partial charge in [0.1, 0.15) is 5.75 Å². The number of carbonyl (C=O) groups is 1. The van der Waals surface area contributed by atoms with E-state index in [-0.39, 0.29) is 23.7 Å². The van der Waals surface area contributed by atoms with E-state index in [0.29, 0.717) is 19.7 Å². The predicted molar refractivity (Wildman–Crippen MR) is 105 cm³/mol. The molecule has 0 unspecified atom stereocenters. The topological polar surface area (TPSA) is 59.6 Å². The largest absolute Gasteiger partial charge is 0.494 e. The Morgan fingerprint density at radius 3 is 2.54 bits per heavy atom. The second kappa shape index (κ2) is 10.1. The molecule has 1 saturated heterocycles. The molecule has 1 aliphatic heterocycles. The van der Waals surface area contributed by atoms with Crippen LogP contribution >= 0.6 is 12.4 Å². The fourth-order valence-corrected chi connectivity index (χ4v) is 3.44. The Labute approximate surface area is 162 Å². The molecule has 3 rings (SSSR count). The van der Waals surface area contributed by atoms with Gasteiger partial charge in [0.05, 0.1) is 13.2 Å². The van der Waals surface area contributed by atoms with Crippen LogP contribution in [-0.2, 0) is 14.9 Å². The van der Waals surface area contributed by atoms with Crippen LogP contribution in [0, 0.1) is 5.92 Å². The fourth-order valence-electron chi connectivity index (χ4n) is 3.44. The first kappa shape index (κ1) is 21.0. The second-order valence-corrected chi connectivity index (χ2v) is 7.20. The maximum absolute atomic E-state index is 12.2. The zero-order valence-electron chi connectivity index (χ0n) is 15.6. The highest BCUT2D eigenvalue weighted by Gasteiger charge is 2.34. The van der Waals surface area contributed by atoms with Crippen LogP contribution in [0.2, 0.25) is 0 Å². The van der Waals surface area contributed by atoms with Gasteiger partial charge in [-0.25, -0.2) is 0 Å². The standard InChI is InChI=1S/C20H30N2O3.ClH/c1-2-25-18-7-5-17(6-8-18)20(9-11-24-12-10-20)15-22-19(23)14-21-13-16-3-4-16;/h5-8,16,21H,2-4,9-15H2,1H3,(H,22,23);1H. The summed E-state index contributed by atoms with van der Waals surface area (Å²) in [5.74, 6) is 1.76. The lowest BCUT2D eigenvalue weighted by Crippen LogP contribution is -2.46. The Hall–Kier alpha value is -1.30. The van der Waals surface area contributed by atoms with Gasteiger partial charge in [-0.2, -0.15) is 0 Å². The quantitative estimate of drug-likeness (QED) is 0.689. The smallest absolute Gasteiger partial charge is 0.233 e. The van der Waals surface area contributed by atoms with Gasteiger partial charge >= 0.3 is 0 Å². The van der Waals surface area contributed by atoms with Gasteiger partial charge in [0.2, 0.25) is 5.91 Å². The molecule has 2 N–H and O–H groups in total. The van der Waals surface area contributed by atoms with Crippen LogP contribution in [0.25, 0.3) is 0 Å². The van der Waals surface area contributed by atoms with Gasteiger partial charge in [0.25, 0.3) is 0 Å². The highest BCUT2D eigenvalue weighted by molar-refractivity contribution is 5.85. The van der Waals surface area contributed by atoms with E-state index >= 15 is 0 Å². The Morgan fingerprint density at radius 1 is 1.23 bits per heavy atom. The average molecular weight is 383 g/mol. The molecule has 1 amide bonds. The number of amides is 1. The first-order valence-corrected chi connectivity index (χ1v) is 9.50. The molecule has 146 valence electrons. The van der Waals surface area contributed by atoms with Gasteiger partial charge in [-0.3, -0.25) is 4.79 Å². The molecule has 6 heteroatoms. The number of hydrogen-bond acceptors (Lipinski definition) is 4. The first-order chi connectivity index (χ1) is 12.2. The van der Waals surface area contributed by atoms with E-state index in [4.69, 9.17) is 9.47 Å². The molecule has 2 fully saturated rings. The van der Waals surface area contributed by atoms with Gasteiger partial charge < -0.3 is 20.1 Å². The van der Waals surface area contributed by atoms with Crippen LogP contribution in [-0.4, -0.2) is 45.4 Å². The van der Waals surface area contributed by atoms with Gasteiger partial charge in [-0.15, -0.1) is 12.4 Å². The van der Waals surface area contributed by atoms with Crippen molar-refractivity contribution in [3.05, 3.63) is 29.8 Å². The summed E-state index contributed by atoms with van der Waals surface area (Å²) in [6.07, 6.45) is 4.46. The van der Waals surface area contributed by atoms with Gasteiger partial charge in [0.15, 0.2) is 0 Å². The molecule has 1 saturated carbocycles. The van der Waals surface area contributed by atoms with Crippen molar-refractivity contribution in [2.75, 3.05) is 39.5 Å². The maximum atomic E-state index is 12.2. The Balaban J connectivity index is 0.00000243. The van der Waals surface area contributed by atoms with Crippen LogP contribution in [0.15, 0.2) is 24.3 Å². The molecule has 0 radical (unpaired) electrons. The monoisotopic (exact) mass is 382 g/mol. The number of nitrogens with one attached hydrogen (secondary N) is 2. The number of rotatable bonds is 9. The lowest BCUT2D eigenvalue weighted by molar-refractivity contribution is -0.120. The van der Waals surface area contributed by atoms with Crippen LogP contribution in [0.3, 0.4) is 0 Å². The molecule has 0 atom stereocenters. The minimum atomic E-state index is -0.0465. The van der Waals surface area contributed by atoms with E-state index in [9.17, 15) is 4.79 Å². The minimum absolute atomic E-state index is 0. The zero-order valence-corrected chi connectivity index (χ0v) is 16.4. The summed E-state index contributed by atoms with van der Waals surface area (Å²) >= 11 is 0.